The third-order valence-corrected chi connectivity index (χ3v) is 16.7. The molecule has 168 valence electrons. The molecule has 0 radical (unpaired) electrons. The van der Waals surface area contributed by atoms with Gasteiger partial charge in [-0.25, -0.2) is 0 Å². The highest BCUT2D eigenvalue weighted by Gasteiger charge is 2.85. The number of amides is 1. The van der Waals surface area contributed by atoms with E-state index in [1.165, 1.54) is 0 Å². The van der Waals surface area contributed by atoms with Crippen molar-refractivity contribution in [1.29, 1.82) is 0 Å². The standard InChI is InChI=1S/C23H37NO5Si/c1-13-17-14-10-11-16(25)24(14)12-8-9-15(17)27-18(13)23-19(28-23)22(5,20(26)29-23)30(6,7)21(2,3)4/h13-15,17-19H,8-12H2,1-7H3/t13-,14-,15+,17+,18-,19?,22?,23?/m0/s1. The molecule has 5 aliphatic rings. The number of epoxide rings is 1. The first-order valence-corrected chi connectivity index (χ1v) is 14.7. The molecule has 5 aliphatic heterocycles. The molecule has 5 heterocycles. The summed E-state index contributed by atoms with van der Waals surface area (Å²) in [5.74, 6) is -0.271. The molecule has 7 heteroatoms. The molecule has 5 fully saturated rings. The third-order valence-electron chi connectivity index (χ3n) is 9.92. The Bertz CT molecular complexity index is 793. The minimum Gasteiger partial charge on any atom is -0.427 e. The van der Waals surface area contributed by atoms with Crippen molar-refractivity contribution >= 4 is 20.0 Å². The zero-order valence-electron chi connectivity index (χ0n) is 19.5. The van der Waals surface area contributed by atoms with E-state index < -0.39 is 18.9 Å². The summed E-state index contributed by atoms with van der Waals surface area (Å²) < 4.78 is 19.1. The predicted molar refractivity (Wildman–Crippen MR) is 115 cm³/mol. The van der Waals surface area contributed by atoms with Gasteiger partial charge in [-0.2, -0.15) is 0 Å². The van der Waals surface area contributed by atoms with Gasteiger partial charge < -0.3 is 19.1 Å². The number of hydrogen-bond acceptors (Lipinski definition) is 5. The molecule has 30 heavy (non-hydrogen) atoms. The van der Waals surface area contributed by atoms with Crippen LogP contribution in [0.3, 0.4) is 0 Å². The third kappa shape index (κ3) is 2.37. The smallest absolute Gasteiger partial charge is 0.314 e. The average molecular weight is 436 g/mol. The van der Waals surface area contributed by atoms with Crippen LogP contribution in [-0.2, 0) is 23.8 Å². The summed E-state index contributed by atoms with van der Waals surface area (Å²) in [6.07, 6.45) is 3.14. The Labute approximate surface area is 181 Å². The van der Waals surface area contributed by atoms with E-state index in [4.69, 9.17) is 14.2 Å². The largest absolute Gasteiger partial charge is 0.427 e. The van der Waals surface area contributed by atoms with Crippen LogP contribution in [0.2, 0.25) is 23.2 Å². The molecule has 0 aliphatic carbocycles. The van der Waals surface area contributed by atoms with Crippen LogP contribution >= 0.6 is 0 Å². The second-order valence-electron chi connectivity index (χ2n) is 12.1. The van der Waals surface area contributed by atoms with Crippen LogP contribution in [0.25, 0.3) is 0 Å². The Morgan fingerprint density at radius 3 is 2.53 bits per heavy atom. The molecule has 1 amide bonds. The lowest BCUT2D eigenvalue weighted by Gasteiger charge is -2.46. The number of fused-ring (bicyclic) bond motifs is 4. The highest BCUT2D eigenvalue weighted by molar-refractivity contribution is 6.86. The summed E-state index contributed by atoms with van der Waals surface area (Å²) in [7, 11) is -2.09. The summed E-state index contributed by atoms with van der Waals surface area (Å²) in [6.45, 7) is 16.4. The van der Waals surface area contributed by atoms with Crippen molar-refractivity contribution in [2.75, 3.05) is 6.54 Å². The van der Waals surface area contributed by atoms with Crippen molar-refractivity contribution in [3.05, 3.63) is 0 Å². The average Bonchev–Trinajstić information content (AvgIpc) is 3.11. The van der Waals surface area contributed by atoms with Crippen LogP contribution in [-0.4, -0.2) is 61.5 Å². The SMILES string of the molecule is C[C@H]1[C@H]2[C@@H](CCCN3C(=O)CC[C@@H]23)O[C@@H]1C12OC(=O)C(C)([Si](C)(C)C(C)(C)C)C1O2. The summed E-state index contributed by atoms with van der Waals surface area (Å²) in [5.41, 5.74) is 0. The maximum Gasteiger partial charge on any atom is 0.314 e. The van der Waals surface area contributed by atoms with Crippen LogP contribution in [0.5, 0.6) is 0 Å². The van der Waals surface area contributed by atoms with E-state index in [0.29, 0.717) is 12.3 Å². The van der Waals surface area contributed by atoms with E-state index in [1.807, 2.05) is 0 Å². The second kappa shape index (κ2) is 6.10. The maximum absolute atomic E-state index is 13.3. The number of carbonyl (C=O) groups is 2. The quantitative estimate of drug-likeness (QED) is 0.376. The van der Waals surface area contributed by atoms with Crippen LogP contribution in [0.1, 0.15) is 60.3 Å². The number of esters is 1. The van der Waals surface area contributed by atoms with Gasteiger partial charge in [0.15, 0.2) is 0 Å². The van der Waals surface area contributed by atoms with E-state index in [2.05, 4.69) is 52.6 Å². The Kier molecular flexibility index (Phi) is 4.26. The van der Waals surface area contributed by atoms with Gasteiger partial charge in [-0.15, -0.1) is 0 Å². The lowest BCUT2D eigenvalue weighted by atomic mass is 9.79. The van der Waals surface area contributed by atoms with Gasteiger partial charge in [0.1, 0.15) is 12.2 Å². The van der Waals surface area contributed by atoms with E-state index in [9.17, 15) is 9.59 Å². The fourth-order valence-electron chi connectivity index (χ4n) is 6.91. The van der Waals surface area contributed by atoms with Crippen molar-refractivity contribution in [3.8, 4) is 0 Å². The van der Waals surface area contributed by atoms with Crippen molar-refractivity contribution in [2.24, 2.45) is 11.8 Å². The van der Waals surface area contributed by atoms with E-state index in [0.717, 1.165) is 25.8 Å². The van der Waals surface area contributed by atoms with Gasteiger partial charge in [0.25, 0.3) is 5.79 Å². The van der Waals surface area contributed by atoms with Crippen LogP contribution < -0.4 is 0 Å². The molecular weight excluding hydrogens is 398 g/mol. The molecular formula is C23H37NO5Si. The molecule has 0 saturated carbocycles. The summed E-state index contributed by atoms with van der Waals surface area (Å²) in [6, 6.07) is 0.252. The maximum atomic E-state index is 13.3. The minimum absolute atomic E-state index is 0.0432. The normalized spacial score (nSPS) is 48.2. The summed E-state index contributed by atoms with van der Waals surface area (Å²) in [4.78, 5) is 27.8. The monoisotopic (exact) mass is 435 g/mol. The predicted octanol–water partition coefficient (Wildman–Crippen LogP) is 3.71. The van der Waals surface area contributed by atoms with Crippen molar-refractivity contribution in [2.45, 2.75) is 114 Å². The van der Waals surface area contributed by atoms with E-state index in [1.54, 1.807) is 0 Å². The number of rotatable bonds is 2. The van der Waals surface area contributed by atoms with E-state index >= 15 is 0 Å². The Morgan fingerprint density at radius 1 is 1.17 bits per heavy atom. The Hall–Kier alpha value is -0.923. The number of carbonyl (C=O) groups excluding carboxylic acids is 2. The lowest BCUT2D eigenvalue weighted by molar-refractivity contribution is -0.177. The van der Waals surface area contributed by atoms with Crippen molar-refractivity contribution in [3.63, 3.8) is 0 Å². The Morgan fingerprint density at radius 2 is 1.87 bits per heavy atom. The first kappa shape index (κ1) is 21.0. The van der Waals surface area contributed by atoms with Crippen LogP contribution in [0.15, 0.2) is 0 Å². The van der Waals surface area contributed by atoms with Gasteiger partial charge in [-0.3, -0.25) is 9.59 Å². The highest BCUT2D eigenvalue weighted by Crippen LogP contribution is 2.70. The van der Waals surface area contributed by atoms with Crippen molar-refractivity contribution in [1.82, 2.24) is 4.90 Å². The van der Waals surface area contributed by atoms with Crippen molar-refractivity contribution < 1.29 is 23.8 Å². The van der Waals surface area contributed by atoms with E-state index in [-0.39, 0.29) is 47.2 Å². The lowest BCUT2D eigenvalue weighted by Crippen LogP contribution is -2.53. The zero-order chi connectivity index (χ0) is 21.9. The number of nitrogens with zero attached hydrogens (tertiary/aromatic N) is 1. The molecule has 0 N–H and O–H groups in total. The summed E-state index contributed by atoms with van der Waals surface area (Å²) >= 11 is 0. The second-order valence-corrected chi connectivity index (χ2v) is 17.8. The van der Waals surface area contributed by atoms with Crippen LogP contribution in [0.4, 0.5) is 0 Å². The summed E-state index contributed by atoms with van der Waals surface area (Å²) in [5, 5.41) is -0.546. The first-order chi connectivity index (χ1) is 13.9. The molecule has 0 aromatic heterocycles. The van der Waals surface area contributed by atoms with Gasteiger partial charge in [-0.1, -0.05) is 40.8 Å². The molecule has 6 nitrogen and oxygen atoms in total. The fraction of sp³-hybridized carbons (Fsp3) is 0.913. The highest BCUT2D eigenvalue weighted by atomic mass is 28.3. The first-order valence-electron chi connectivity index (χ1n) is 11.7. The van der Waals surface area contributed by atoms with Gasteiger partial charge in [-0.05, 0) is 37.1 Å². The molecule has 0 bridgehead atoms. The molecule has 5 rings (SSSR count). The zero-order valence-corrected chi connectivity index (χ0v) is 20.5. The fourth-order valence-corrected chi connectivity index (χ4v) is 9.95. The van der Waals surface area contributed by atoms with Gasteiger partial charge >= 0.3 is 5.97 Å². The minimum atomic E-state index is -2.09. The molecule has 5 saturated heterocycles. The van der Waals surface area contributed by atoms with Crippen LogP contribution in [0, 0.1) is 11.8 Å². The van der Waals surface area contributed by atoms with Gasteiger partial charge in [0.2, 0.25) is 5.91 Å². The van der Waals surface area contributed by atoms with Gasteiger partial charge in [0.05, 0.1) is 19.2 Å². The Balaban J connectivity index is 1.45. The molecule has 8 atom stereocenters. The molecule has 0 aromatic rings. The van der Waals surface area contributed by atoms with Gasteiger partial charge in [0, 0.05) is 24.9 Å². The molecule has 0 spiro atoms. The number of hydrogen-bond donors (Lipinski definition) is 0. The number of ether oxygens (including phenoxy) is 3. The molecule has 3 unspecified atom stereocenters. The molecule has 0 aromatic carbocycles. The topological polar surface area (TPSA) is 68.4 Å².